The molecule has 3 rings (SSSR count). The molecule has 0 aliphatic carbocycles. The highest BCUT2D eigenvalue weighted by Crippen LogP contribution is 2.49. The molecule has 1 aliphatic rings. The summed E-state index contributed by atoms with van der Waals surface area (Å²) in [4.78, 5) is 15.9. The number of thiophene rings is 1. The maximum atomic E-state index is 13.0. The predicted molar refractivity (Wildman–Crippen MR) is 95.4 cm³/mol. The molecule has 1 aliphatic heterocycles. The van der Waals surface area contributed by atoms with Gasteiger partial charge in [-0.1, -0.05) is 32.0 Å². The van der Waals surface area contributed by atoms with Crippen LogP contribution in [-0.4, -0.2) is 23.9 Å². The first-order valence-corrected chi connectivity index (χ1v) is 9.07. The van der Waals surface area contributed by atoms with Gasteiger partial charge >= 0.3 is 0 Å². The minimum atomic E-state index is -0.265. The number of amides is 1. The highest BCUT2D eigenvalue weighted by Gasteiger charge is 2.47. The molecule has 128 valence electrons. The zero-order valence-electron chi connectivity index (χ0n) is 14.3. The van der Waals surface area contributed by atoms with E-state index in [1.54, 1.807) is 23.5 Å². The SMILES string of the molecule is C[C@@H](NC(=O)CN1CC(C)(C)[C@@H]1c1cccs1)c1ccc(F)cc1. The highest BCUT2D eigenvalue weighted by atomic mass is 32.1. The Kier molecular flexibility index (Phi) is 4.74. The first-order valence-electron chi connectivity index (χ1n) is 8.19. The van der Waals surface area contributed by atoms with Crippen molar-refractivity contribution in [2.75, 3.05) is 13.1 Å². The summed E-state index contributed by atoms with van der Waals surface area (Å²) < 4.78 is 13.0. The molecule has 2 aromatic rings. The van der Waals surface area contributed by atoms with E-state index >= 15 is 0 Å². The van der Waals surface area contributed by atoms with Crippen molar-refractivity contribution in [1.82, 2.24) is 10.2 Å². The number of nitrogens with zero attached hydrogens (tertiary/aromatic N) is 1. The molecular weight excluding hydrogens is 323 g/mol. The Morgan fingerprint density at radius 1 is 1.38 bits per heavy atom. The van der Waals surface area contributed by atoms with E-state index in [1.165, 1.54) is 17.0 Å². The second kappa shape index (κ2) is 6.65. The van der Waals surface area contributed by atoms with Crippen molar-refractivity contribution in [3.05, 3.63) is 58.0 Å². The Bertz CT molecular complexity index is 697. The Morgan fingerprint density at radius 2 is 2.08 bits per heavy atom. The van der Waals surface area contributed by atoms with E-state index in [-0.39, 0.29) is 23.2 Å². The molecule has 1 saturated heterocycles. The lowest BCUT2D eigenvalue weighted by Crippen LogP contribution is -2.57. The molecule has 1 fully saturated rings. The van der Waals surface area contributed by atoms with Gasteiger partial charge in [-0.25, -0.2) is 4.39 Å². The Morgan fingerprint density at radius 3 is 2.67 bits per heavy atom. The largest absolute Gasteiger partial charge is 0.348 e. The lowest BCUT2D eigenvalue weighted by Gasteiger charge is -2.53. The molecule has 24 heavy (non-hydrogen) atoms. The Hall–Kier alpha value is -1.72. The monoisotopic (exact) mass is 346 g/mol. The summed E-state index contributed by atoms with van der Waals surface area (Å²) in [6.07, 6.45) is 0. The van der Waals surface area contributed by atoms with Gasteiger partial charge in [-0.15, -0.1) is 11.3 Å². The van der Waals surface area contributed by atoms with E-state index in [2.05, 4.69) is 41.6 Å². The molecule has 0 unspecified atom stereocenters. The molecule has 1 amide bonds. The van der Waals surface area contributed by atoms with Crippen molar-refractivity contribution >= 4 is 17.2 Å². The number of carbonyl (C=O) groups excluding carboxylic acids is 1. The lowest BCUT2D eigenvalue weighted by molar-refractivity contribution is -0.130. The molecule has 5 heteroatoms. The summed E-state index contributed by atoms with van der Waals surface area (Å²) in [5.41, 5.74) is 1.09. The van der Waals surface area contributed by atoms with E-state index in [1.807, 2.05) is 6.92 Å². The molecule has 0 radical (unpaired) electrons. The highest BCUT2D eigenvalue weighted by molar-refractivity contribution is 7.10. The first-order chi connectivity index (χ1) is 11.4. The number of hydrogen-bond acceptors (Lipinski definition) is 3. The van der Waals surface area contributed by atoms with Crippen LogP contribution in [0.25, 0.3) is 0 Å². The van der Waals surface area contributed by atoms with Crippen molar-refractivity contribution in [2.45, 2.75) is 32.9 Å². The maximum Gasteiger partial charge on any atom is 0.234 e. The van der Waals surface area contributed by atoms with Gasteiger partial charge in [0.1, 0.15) is 5.82 Å². The summed E-state index contributed by atoms with van der Waals surface area (Å²) in [7, 11) is 0. The van der Waals surface area contributed by atoms with Crippen LogP contribution in [0.2, 0.25) is 0 Å². The summed E-state index contributed by atoms with van der Waals surface area (Å²) >= 11 is 1.74. The van der Waals surface area contributed by atoms with Gasteiger partial charge in [0.05, 0.1) is 18.6 Å². The second-order valence-corrected chi connectivity index (χ2v) is 8.13. The van der Waals surface area contributed by atoms with Crippen molar-refractivity contribution in [1.29, 1.82) is 0 Å². The van der Waals surface area contributed by atoms with E-state index < -0.39 is 0 Å². The number of carbonyl (C=O) groups is 1. The van der Waals surface area contributed by atoms with Crippen LogP contribution >= 0.6 is 11.3 Å². The van der Waals surface area contributed by atoms with Gasteiger partial charge in [0.2, 0.25) is 5.91 Å². The van der Waals surface area contributed by atoms with E-state index in [9.17, 15) is 9.18 Å². The normalized spacial score (nSPS) is 21.1. The van der Waals surface area contributed by atoms with Crippen molar-refractivity contribution in [3.8, 4) is 0 Å². The standard InChI is InChI=1S/C19H23FN2OS/c1-13(14-6-8-15(20)9-7-14)21-17(23)11-22-12-19(2,3)18(22)16-5-4-10-24-16/h4-10,13,18H,11-12H2,1-3H3,(H,21,23)/t13-,18+/m1/s1. The van der Waals surface area contributed by atoms with Crippen LogP contribution in [0.3, 0.4) is 0 Å². The van der Waals surface area contributed by atoms with Gasteiger partial charge in [-0.05, 0) is 41.5 Å². The smallest absolute Gasteiger partial charge is 0.234 e. The summed E-state index contributed by atoms with van der Waals surface area (Å²) in [5, 5.41) is 5.09. The quantitative estimate of drug-likeness (QED) is 0.882. The second-order valence-electron chi connectivity index (χ2n) is 7.15. The zero-order chi connectivity index (χ0) is 17.3. The molecule has 0 saturated carbocycles. The number of rotatable bonds is 5. The topological polar surface area (TPSA) is 32.3 Å². The van der Waals surface area contributed by atoms with Crippen molar-refractivity contribution in [3.63, 3.8) is 0 Å². The van der Waals surface area contributed by atoms with E-state index in [4.69, 9.17) is 0 Å². The summed E-state index contributed by atoms with van der Waals surface area (Å²) in [5.74, 6) is -0.261. The molecule has 0 spiro atoms. The minimum absolute atomic E-state index is 0.00359. The summed E-state index contributed by atoms with van der Waals surface area (Å²) in [6.45, 7) is 7.70. The van der Waals surface area contributed by atoms with Gasteiger partial charge in [-0.2, -0.15) is 0 Å². The fourth-order valence-electron chi connectivity index (χ4n) is 3.55. The van der Waals surface area contributed by atoms with Gasteiger partial charge in [0, 0.05) is 11.4 Å². The van der Waals surface area contributed by atoms with Crippen LogP contribution in [0.5, 0.6) is 0 Å². The molecule has 2 atom stereocenters. The molecule has 3 nitrogen and oxygen atoms in total. The molecule has 1 aromatic heterocycles. The first kappa shape index (κ1) is 17.1. The van der Waals surface area contributed by atoms with Crippen LogP contribution in [0.1, 0.15) is 43.3 Å². The molecule has 0 bridgehead atoms. The maximum absolute atomic E-state index is 13.0. The van der Waals surface area contributed by atoms with E-state index in [0.29, 0.717) is 12.6 Å². The third-order valence-electron chi connectivity index (χ3n) is 4.62. The van der Waals surface area contributed by atoms with Crippen LogP contribution in [0.15, 0.2) is 41.8 Å². The number of likely N-dealkylation sites (tertiary alicyclic amines) is 1. The third-order valence-corrected chi connectivity index (χ3v) is 5.55. The number of benzene rings is 1. The van der Waals surface area contributed by atoms with E-state index in [0.717, 1.165) is 12.1 Å². The van der Waals surface area contributed by atoms with Crippen LogP contribution in [0, 0.1) is 11.2 Å². The molecule has 2 heterocycles. The van der Waals surface area contributed by atoms with Crippen LogP contribution < -0.4 is 5.32 Å². The van der Waals surface area contributed by atoms with Crippen molar-refractivity contribution in [2.24, 2.45) is 5.41 Å². The third kappa shape index (κ3) is 3.52. The van der Waals surface area contributed by atoms with Crippen LogP contribution in [0.4, 0.5) is 4.39 Å². The average Bonchev–Trinajstić information content (AvgIpc) is 2.99. The van der Waals surface area contributed by atoms with Gasteiger partial charge in [0.25, 0.3) is 0 Å². The molecule has 1 aromatic carbocycles. The molecule has 1 N–H and O–H groups in total. The van der Waals surface area contributed by atoms with Gasteiger partial charge in [-0.3, -0.25) is 9.69 Å². The fraction of sp³-hybridized carbons (Fsp3) is 0.421. The number of halogens is 1. The van der Waals surface area contributed by atoms with Gasteiger partial charge < -0.3 is 5.32 Å². The zero-order valence-corrected chi connectivity index (χ0v) is 15.1. The Labute approximate surface area is 146 Å². The van der Waals surface area contributed by atoms with Crippen molar-refractivity contribution < 1.29 is 9.18 Å². The average molecular weight is 346 g/mol. The minimum Gasteiger partial charge on any atom is -0.348 e. The van der Waals surface area contributed by atoms with Gasteiger partial charge in [0.15, 0.2) is 0 Å². The summed E-state index contributed by atoms with van der Waals surface area (Å²) in [6, 6.07) is 10.6. The molecular formula is C19H23FN2OS. The number of nitrogens with one attached hydrogen (secondary N) is 1. The van der Waals surface area contributed by atoms with Crippen LogP contribution in [-0.2, 0) is 4.79 Å². The Balaban J connectivity index is 1.60. The lowest BCUT2D eigenvalue weighted by atomic mass is 9.74. The fourth-order valence-corrected chi connectivity index (χ4v) is 4.62. The number of hydrogen-bond donors (Lipinski definition) is 1. The predicted octanol–water partition coefficient (Wildman–Crippen LogP) is 4.15.